The summed E-state index contributed by atoms with van der Waals surface area (Å²) < 4.78 is 21.3. The Morgan fingerprint density at radius 2 is 1.08 bits per heavy atom. The SMILES string of the molecule is O=[SH](c1ccc(OCC2CCCCC2)cc1)(c1ccc2ccccc2c1)c1ccc2ccccc2c1. The minimum atomic E-state index is -3.11. The van der Waals surface area contributed by atoms with E-state index >= 15 is 4.21 Å². The molecule has 5 aromatic carbocycles. The highest BCUT2D eigenvalue weighted by Crippen LogP contribution is 2.39. The van der Waals surface area contributed by atoms with Crippen LogP contribution in [0.2, 0.25) is 0 Å². The minimum absolute atomic E-state index is 0.653. The number of benzene rings is 5. The minimum Gasteiger partial charge on any atom is -0.493 e. The molecule has 0 N–H and O–H groups in total. The van der Waals surface area contributed by atoms with E-state index in [0.717, 1.165) is 48.6 Å². The summed E-state index contributed by atoms with van der Waals surface area (Å²) in [7, 11) is -3.11. The van der Waals surface area contributed by atoms with Crippen molar-refractivity contribution >= 4 is 31.5 Å². The van der Waals surface area contributed by atoms with E-state index in [-0.39, 0.29) is 0 Å². The average molecular weight is 493 g/mol. The van der Waals surface area contributed by atoms with Gasteiger partial charge in [0.1, 0.15) is 5.75 Å². The van der Waals surface area contributed by atoms with Crippen LogP contribution >= 0.6 is 0 Å². The fraction of sp³-hybridized carbons (Fsp3) is 0.212. The lowest BCUT2D eigenvalue weighted by atomic mass is 9.90. The molecule has 0 amide bonds. The molecule has 36 heavy (non-hydrogen) atoms. The van der Waals surface area contributed by atoms with Crippen molar-refractivity contribution in [2.75, 3.05) is 6.61 Å². The lowest BCUT2D eigenvalue weighted by Gasteiger charge is -2.27. The smallest absolute Gasteiger partial charge is 0.119 e. The first-order valence-corrected chi connectivity index (χ1v) is 14.7. The van der Waals surface area contributed by atoms with Gasteiger partial charge in [-0.2, -0.15) is 0 Å². The van der Waals surface area contributed by atoms with Gasteiger partial charge in [0, 0.05) is 14.7 Å². The van der Waals surface area contributed by atoms with Crippen molar-refractivity contribution in [2.45, 2.75) is 46.8 Å². The fourth-order valence-electron chi connectivity index (χ4n) is 5.51. The lowest BCUT2D eigenvalue weighted by molar-refractivity contribution is 0.209. The van der Waals surface area contributed by atoms with E-state index in [1.165, 1.54) is 32.1 Å². The molecular formula is C33H32O2S. The maximum Gasteiger partial charge on any atom is 0.119 e. The summed E-state index contributed by atoms with van der Waals surface area (Å²) >= 11 is 0. The van der Waals surface area contributed by atoms with Crippen LogP contribution in [0.1, 0.15) is 32.1 Å². The van der Waals surface area contributed by atoms with Crippen molar-refractivity contribution in [3.63, 3.8) is 0 Å². The summed E-state index contributed by atoms with van der Waals surface area (Å²) in [6.07, 6.45) is 6.50. The fourth-order valence-corrected chi connectivity index (χ4v) is 8.19. The van der Waals surface area contributed by atoms with Crippen molar-refractivity contribution in [3.8, 4) is 5.75 Å². The van der Waals surface area contributed by atoms with Crippen LogP contribution in [0.15, 0.2) is 124 Å². The van der Waals surface area contributed by atoms with Gasteiger partial charge < -0.3 is 4.74 Å². The van der Waals surface area contributed by atoms with Crippen LogP contribution in [0.5, 0.6) is 5.75 Å². The number of thiol groups is 1. The monoisotopic (exact) mass is 492 g/mol. The van der Waals surface area contributed by atoms with Gasteiger partial charge in [0.25, 0.3) is 0 Å². The quantitative estimate of drug-likeness (QED) is 0.241. The molecule has 0 heterocycles. The molecule has 1 aliphatic carbocycles. The molecule has 0 atom stereocenters. The molecule has 1 saturated carbocycles. The van der Waals surface area contributed by atoms with Crippen LogP contribution in [0.25, 0.3) is 21.5 Å². The Balaban J connectivity index is 1.40. The predicted molar refractivity (Wildman–Crippen MR) is 151 cm³/mol. The molecule has 0 saturated heterocycles. The van der Waals surface area contributed by atoms with Gasteiger partial charge in [0.15, 0.2) is 0 Å². The van der Waals surface area contributed by atoms with Crippen LogP contribution in [-0.4, -0.2) is 10.8 Å². The second kappa shape index (κ2) is 9.91. The van der Waals surface area contributed by atoms with Gasteiger partial charge in [-0.25, -0.2) is 0 Å². The zero-order valence-corrected chi connectivity index (χ0v) is 21.4. The molecule has 0 aromatic heterocycles. The van der Waals surface area contributed by atoms with Gasteiger partial charge >= 0.3 is 0 Å². The Labute approximate surface area is 214 Å². The van der Waals surface area contributed by atoms with E-state index in [1.807, 2.05) is 60.7 Å². The first-order valence-electron chi connectivity index (χ1n) is 13.0. The normalized spacial score (nSPS) is 15.2. The van der Waals surface area contributed by atoms with Gasteiger partial charge in [0.2, 0.25) is 0 Å². The van der Waals surface area contributed by atoms with E-state index in [4.69, 9.17) is 4.74 Å². The summed E-state index contributed by atoms with van der Waals surface area (Å²) in [6, 6.07) is 36.9. The Kier molecular flexibility index (Phi) is 6.33. The topological polar surface area (TPSA) is 26.3 Å². The number of ether oxygens (including phenoxy) is 1. The highest BCUT2D eigenvalue weighted by atomic mass is 32.2. The average Bonchev–Trinajstić information content (AvgIpc) is 2.96. The summed E-state index contributed by atoms with van der Waals surface area (Å²) in [5.74, 6) is 1.51. The maximum absolute atomic E-state index is 15.2. The molecule has 3 heteroatoms. The third-order valence-corrected chi connectivity index (χ3v) is 10.6. The zero-order chi connectivity index (χ0) is 24.4. The molecule has 0 aliphatic heterocycles. The third kappa shape index (κ3) is 4.44. The molecular weight excluding hydrogens is 460 g/mol. The van der Waals surface area contributed by atoms with Gasteiger partial charge in [-0.3, -0.25) is 4.21 Å². The zero-order valence-electron chi connectivity index (χ0n) is 20.5. The first-order chi connectivity index (χ1) is 17.7. The Hall–Kier alpha value is -3.43. The molecule has 182 valence electrons. The highest BCUT2D eigenvalue weighted by molar-refractivity contribution is 8.03. The first kappa shape index (κ1) is 23.0. The molecule has 0 unspecified atom stereocenters. The second-order valence-corrected chi connectivity index (χ2v) is 12.7. The summed E-state index contributed by atoms with van der Waals surface area (Å²) in [6.45, 7) is 0.770. The van der Waals surface area contributed by atoms with E-state index in [9.17, 15) is 0 Å². The van der Waals surface area contributed by atoms with Crippen molar-refractivity contribution < 1.29 is 8.95 Å². The molecule has 1 fully saturated rings. The Bertz CT molecular complexity index is 1460. The molecule has 0 radical (unpaired) electrons. The van der Waals surface area contributed by atoms with Gasteiger partial charge in [-0.1, -0.05) is 79.9 Å². The standard InChI is InChI=1S/C33H32O2S/c34-36(32-18-14-26-10-4-6-12-28(26)22-32,33-19-15-27-11-5-7-13-29(27)23-33)31-20-16-30(17-21-31)35-24-25-8-2-1-3-9-25/h4-7,10-23,25,36H,1-3,8-9,24H2. The van der Waals surface area contributed by atoms with Crippen LogP contribution in [-0.2, 0) is 9.93 Å². The highest BCUT2D eigenvalue weighted by Gasteiger charge is 2.24. The molecule has 5 aromatic rings. The molecule has 6 rings (SSSR count). The Morgan fingerprint density at radius 1 is 0.583 bits per heavy atom. The van der Waals surface area contributed by atoms with E-state index in [0.29, 0.717) is 5.92 Å². The Morgan fingerprint density at radius 3 is 1.64 bits per heavy atom. The molecule has 0 spiro atoms. The molecule has 2 nitrogen and oxygen atoms in total. The van der Waals surface area contributed by atoms with Gasteiger partial charge in [0.05, 0.1) is 6.61 Å². The third-order valence-electron chi connectivity index (χ3n) is 7.60. The van der Waals surface area contributed by atoms with Crippen LogP contribution in [0.4, 0.5) is 0 Å². The summed E-state index contributed by atoms with van der Waals surface area (Å²) in [4.78, 5) is 2.54. The van der Waals surface area contributed by atoms with Crippen molar-refractivity contribution in [3.05, 3.63) is 109 Å². The van der Waals surface area contributed by atoms with E-state index in [2.05, 4.69) is 48.5 Å². The maximum atomic E-state index is 15.2. The van der Waals surface area contributed by atoms with E-state index < -0.39 is 9.93 Å². The van der Waals surface area contributed by atoms with Gasteiger partial charge in [-0.15, -0.1) is 0 Å². The lowest BCUT2D eigenvalue weighted by Crippen LogP contribution is -2.16. The number of hydrogen-bond donors (Lipinski definition) is 1. The summed E-state index contributed by atoms with van der Waals surface area (Å²) in [5, 5.41) is 4.50. The van der Waals surface area contributed by atoms with Gasteiger partial charge in [-0.05, 0) is 98.8 Å². The van der Waals surface area contributed by atoms with Crippen LogP contribution in [0.3, 0.4) is 0 Å². The second-order valence-electron chi connectivity index (χ2n) is 9.98. The number of hydrogen-bond acceptors (Lipinski definition) is 2. The van der Waals surface area contributed by atoms with Crippen molar-refractivity contribution in [2.24, 2.45) is 5.92 Å². The van der Waals surface area contributed by atoms with Crippen molar-refractivity contribution in [1.29, 1.82) is 0 Å². The largest absolute Gasteiger partial charge is 0.493 e. The predicted octanol–water partition coefficient (Wildman–Crippen LogP) is 8.45. The van der Waals surface area contributed by atoms with Crippen LogP contribution < -0.4 is 4.74 Å². The van der Waals surface area contributed by atoms with Crippen molar-refractivity contribution in [1.82, 2.24) is 0 Å². The van der Waals surface area contributed by atoms with E-state index in [1.54, 1.807) is 0 Å². The number of rotatable bonds is 6. The molecule has 0 bridgehead atoms. The van der Waals surface area contributed by atoms with Crippen LogP contribution in [0, 0.1) is 5.92 Å². The summed E-state index contributed by atoms with van der Waals surface area (Å²) in [5.41, 5.74) is 0. The molecule has 1 aliphatic rings. The number of fused-ring (bicyclic) bond motifs is 2.